The summed E-state index contributed by atoms with van der Waals surface area (Å²) in [7, 11) is 0. The Bertz CT molecular complexity index is 1160. The lowest BCUT2D eigenvalue weighted by molar-refractivity contribution is -0.129. The van der Waals surface area contributed by atoms with Crippen LogP contribution < -0.4 is 4.74 Å². The molecule has 7 heteroatoms. The van der Waals surface area contributed by atoms with E-state index in [1.54, 1.807) is 54.6 Å². The zero-order valence-corrected chi connectivity index (χ0v) is 15.6. The van der Waals surface area contributed by atoms with E-state index in [9.17, 15) is 9.50 Å². The average molecular weight is 402 g/mol. The summed E-state index contributed by atoms with van der Waals surface area (Å²) in [5.74, 6) is -1.23. The molecule has 3 aromatic carbocycles. The molecular weight excluding hydrogens is 387 g/mol. The molecule has 148 valence electrons. The molecule has 0 aromatic heterocycles. The molecule has 1 heterocycles. The SMILES string of the molecule is [C-]#[N+]c1cc(F)c(C#N)cc1Oc1ccc(C2(c3ccc(O)cc3)OCCO2)cc1. The molecule has 0 radical (unpaired) electrons. The Morgan fingerprint density at radius 2 is 1.63 bits per heavy atom. The van der Waals surface area contributed by atoms with Gasteiger partial charge >= 0.3 is 0 Å². The molecule has 1 saturated heterocycles. The van der Waals surface area contributed by atoms with E-state index >= 15 is 0 Å². The topological polar surface area (TPSA) is 76.1 Å². The molecule has 1 fully saturated rings. The molecule has 0 atom stereocenters. The Hall–Kier alpha value is -3.91. The van der Waals surface area contributed by atoms with Gasteiger partial charge in [0, 0.05) is 11.1 Å². The summed E-state index contributed by atoms with van der Waals surface area (Å²) in [6.45, 7) is 8.04. The lowest BCUT2D eigenvalue weighted by Crippen LogP contribution is -2.28. The Balaban J connectivity index is 1.66. The second-order valence-electron chi connectivity index (χ2n) is 6.51. The summed E-state index contributed by atoms with van der Waals surface area (Å²) < 4.78 is 31.3. The summed E-state index contributed by atoms with van der Waals surface area (Å²) in [6, 6.07) is 17.4. The second-order valence-corrected chi connectivity index (χ2v) is 6.51. The predicted molar refractivity (Wildman–Crippen MR) is 105 cm³/mol. The van der Waals surface area contributed by atoms with Crippen LogP contribution in [0.5, 0.6) is 17.2 Å². The van der Waals surface area contributed by atoms with Crippen LogP contribution >= 0.6 is 0 Å². The van der Waals surface area contributed by atoms with E-state index in [1.807, 2.05) is 0 Å². The van der Waals surface area contributed by atoms with Crippen LogP contribution in [0.3, 0.4) is 0 Å². The van der Waals surface area contributed by atoms with E-state index in [0.29, 0.717) is 19.0 Å². The van der Waals surface area contributed by atoms with Gasteiger partial charge in [-0.15, -0.1) is 0 Å². The third kappa shape index (κ3) is 3.44. The van der Waals surface area contributed by atoms with Gasteiger partial charge in [0.05, 0.1) is 25.3 Å². The smallest absolute Gasteiger partial charge is 0.231 e. The van der Waals surface area contributed by atoms with Gasteiger partial charge in [-0.3, -0.25) is 0 Å². The predicted octanol–water partition coefficient (Wildman–Crippen LogP) is 4.99. The molecule has 1 aliphatic rings. The van der Waals surface area contributed by atoms with Gasteiger partial charge in [-0.2, -0.15) is 5.26 Å². The van der Waals surface area contributed by atoms with E-state index < -0.39 is 11.6 Å². The van der Waals surface area contributed by atoms with E-state index in [2.05, 4.69) is 4.85 Å². The largest absolute Gasteiger partial charge is 0.508 e. The van der Waals surface area contributed by atoms with Gasteiger partial charge in [-0.1, -0.05) is 0 Å². The van der Waals surface area contributed by atoms with Crippen molar-refractivity contribution >= 4 is 5.69 Å². The fraction of sp³-hybridized carbons (Fsp3) is 0.130. The van der Waals surface area contributed by atoms with Gasteiger partial charge in [0.25, 0.3) is 0 Å². The summed E-state index contributed by atoms with van der Waals surface area (Å²) in [6.07, 6.45) is 0. The van der Waals surface area contributed by atoms with Crippen LogP contribution in [0, 0.1) is 23.7 Å². The number of halogens is 1. The molecule has 0 amide bonds. The molecule has 4 rings (SSSR count). The first-order valence-electron chi connectivity index (χ1n) is 9.02. The number of aromatic hydroxyl groups is 1. The highest BCUT2D eigenvalue weighted by molar-refractivity contribution is 5.62. The number of hydrogen-bond donors (Lipinski definition) is 1. The van der Waals surface area contributed by atoms with Crippen molar-refractivity contribution in [1.82, 2.24) is 0 Å². The summed E-state index contributed by atoms with van der Waals surface area (Å²) >= 11 is 0. The van der Waals surface area contributed by atoms with Gasteiger partial charge in [-0.05, 0) is 60.7 Å². The second kappa shape index (κ2) is 7.84. The quantitative estimate of drug-likeness (QED) is 0.622. The first kappa shape index (κ1) is 19.4. The molecule has 1 N–H and O–H groups in total. The number of benzene rings is 3. The number of nitrogens with zero attached hydrogens (tertiary/aromatic N) is 2. The number of phenols is 1. The van der Waals surface area contributed by atoms with Crippen LogP contribution in [0.25, 0.3) is 4.85 Å². The van der Waals surface area contributed by atoms with Crippen molar-refractivity contribution in [1.29, 1.82) is 5.26 Å². The number of hydrogen-bond acceptors (Lipinski definition) is 5. The third-order valence-corrected chi connectivity index (χ3v) is 4.69. The number of phenolic OH excluding ortho intramolecular Hbond substituents is 1. The minimum atomic E-state index is -1.10. The van der Waals surface area contributed by atoms with Gasteiger partial charge in [0.2, 0.25) is 11.5 Å². The normalized spacial score (nSPS) is 14.6. The number of rotatable bonds is 4. The van der Waals surface area contributed by atoms with Crippen LogP contribution in [-0.2, 0) is 15.3 Å². The molecule has 0 saturated carbocycles. The highest BCUT2D eigenvalue weighted by atomic mass is 19.1. The van der Waals surface area contributed by atoms with Crippen molar-refractivity contribution in [3.63, 3.8) is 0 Å². The Morgan fingerprint density at radius 3 is 2.20 bits per heavy atom. The summed E-state index contributed by atoms with van der Waals surface area (Å²) in [5.41, 5.74) is 1.23. The van der Waals surface area contributed by atoms with Crippen LogP contribution in [0.2, 0.25) is 0 Å². The molecule has 0 aliphatic carbocycles. The van der Waals surface area contributed by atoms with Crippen molar-refractivity contribution in [2.45, 2.75) is 5.79 Å². The van der Waals surface area contributed by atoms with Crippen molar-refractivity contribution in [3.8, 4) is 23.3 Å². The Labute approximate surface area is 172 Å². The summed E-state index contributed by atoms with van der Waals surface area (Å²) in [4.78, 5) is 3.26. The van der Waals surface area contributed by atoms with E-state index in [0.717, 1.165) is 17.2 Å². The minimum absolute atomic E-state index is 0.0291. The molecule has 1 aliphatic heterocycles. The van der Waals surface area contributed by atoms with E-state index in [4.69, 9.17) is 26.0 Å². The molecule has 0 spiro atoms. The number of ether oxygens (including phenoxy) is 3. The molecule has 0 bridgehead atoms. The van der Waals surface area contributed by atoms with E-state index in [1.165, 1.54) is 6.07 Å². The standard InChI is InChI=1S/C23H15FN2O4/c1-26-21-13-20(24)15(14-25)12-22(21)30-19-8-4-17(5-9-19)23(28-10-11-29-23)16-2-6-18(27)7-3-16/h2-9,12-13,27H,10-11H2. The molecule has 3 aromatic rings. The fourth-order valence-electron chi connectivity index (χ4n) is 3.26. The summed E-state index contributed by atoms with van der Waals surface area (Å²) in [5, 5.41) is 18.6. The molecular formula is C23H15FN2O4. The van der Waals surface area contributed by atoms with Crippen LogP contribution in [0.4, 0.5) is 10.1 Å². The van der Waals surface area contributed by atoms with Crippen LogP contribution in [0.15, 0.2) is 60.7 Å². The number of nitriles is 1. The fourth-order valence-corrected chi connectivity index (χ4v) is 3.26. The maximum Gasteiger partial charge on any atom is 0.231 e. The lowest BCUT2D eigenvalue weighted by Gasteiger charge is -2.28. The van der Waals surface area contributed by atoms with Gasteiger partial charge in [0.1, 0.15) is 29.1 Å². The highest BCUT2D eigenvalue weighted by Crippen LogP contribution is 2.40. The van der Waals surface area contributed by atoms with Gasteiger partial charge in [0.15, 0.2) is 0 Å². The first-order chi connectivity index (χ1) is 14.6. The zero-order valence-electron chi connectivity index (χ0n) is 15.6. The zero-order chi connectivity index (χ0) is 21.1. The maximum atomic E-state index is 13.7. The lowest BCUT2D eigenvalue weighted by atomic mass is 9.97. The highest BCUT2D eigenvalue weighted by Gasteiger charge is 2.40. The molecule has 30 heavy (non-hydrogen) atoms. The average Bonchev–Trinajstić information content (AvgIpc) is 3.26. The van der Waals surface area contributed by atoms with Crippen molar-refractivity contribution in [3.05, 3.63) is 94.6 Å². The maximum absolute atomic E-state index is 13.7. The Kier molecular flexibility index (Phi) is 5.07. The first-order valence-corrected chi connectivity index (χ1v) is 9.02. The minimum Gasteiger partial charge on any atom is -0.508 e. The molecule has 0 unspecified atom stereocenters. The Morgan fingerprint density at radius 1 is 1.03 bits per heavy atom. The van der Waals surface area contributed by atoms with E-state index in [-0.39, 0.29) is 22.7 Å². The van der Waals surface area contributed by atoms with Crippen molar-refractivity contribution in [2.75, 3.05) is 13.2 Å². The van der Waals surface area contributed by atoms with Crippen molar-refractivity contribution < 1.29 is 23.7 Å². The van der Waals surface area contributed by atoms with Crippen molar-refractivity contribution in [2.24, 2.45) is 0 Å². The third-order valence-electron chi connectivity index (χ3n) is 4.69. The van der Waals surface area contributed by atoms with Gasteiger partial charge in [-0.25, -0.2) is 9.24 Å². The van der Waals surface area contributed by atoms with Crippen LogP contribution in [-0.4, -0.2) is 18.3 Å². The molecule has 6 nitrogen and oxygen atoms in total. The van der Waals surface area contributed by atoms with Crippen LogP contribution in [0.1, 0.15) is 16.7 Å². The van der Waals surface area contributed by atoms with Gasteiger partial charge < -0.3 is 19.3 Å². The monoisotopic (exact) mass is 402 g/mol.